The van der Waals surface area contributed by atoms with Crippen LogP contribution in [0.25, 0.3) is 0 Å². The van der Waals surface area contributed by atoms with Gasteiger partial charge in [0, 0.05) is 12.5 Å². The highest BCUT2D eigenvalue weighted by Gasteiger charge is 2.19. The van der Waals surface area contributed by atoms with E-state index in [0.717, 1.165) is 11.6 Å². The number of halogens is 3. The quantitative estimate of drug-likeness (QED) is 0.584. The van der Waals surface area contributed by atoms with Crippen LogP contribution in [0.3, 0.4) is 0 Å². The molecule has 3 nitrogen and oxygen atoms in total. The Kier molecular flexibility index (Phi) is 7.34. The van der Waals surface area contributed by atoms with Crippen molar-refractivity contribution in [1.82, 2.24) is 0 Å². The molecule has 0 saturated heterocycles. The summed E-state index contributed by atoms with van der Waals surface area (Å²) in [5.41, 5.74) is 1.08. The van der Waals surface area contributed by atoms with Gasteiger partial charge in [0.15, 0.2) is 11.9 Å². The van der Waals surface area contributed by atoms with Crippen LogP contribution in [0, 0.1) is 5.82 Å². The zero-order valence-corrected chi connectivity index (χ0v) is 14.6. The summed E-state index contributed by atoms with van der Waals surface area (Å²) in [6, 6.07) is 11.6. The molecule has 0 radical (unpaired) electrons. The molecule has 2 aromatic rings. The Bertz CT molecular complexity index is 707. The highest BCUT2D eigenvalue weighted by Crippen LogP contribution is 2.28. The van der Waals surface area contributed by atoms with Crippen molar-refractivity contribution in [3.05, 3.63) is 64.4 Å². The zero-order valence-electron chi connectivity index (χ0n) is 13.8. The average Bonchev–Trinajstić information content (AvgIpc) is 2.63. The second-order valence-corrected chi connectivity index (χ2v) is 5.84. The van der Waals surface area contributed by atoms with Crippen molar-refractivity contribution in [3.8, 4) is 5.75 Å². The number of ketones is 1. The topological polar surface area (TPSA) is 35.5 Å². The molecule has 0 bridgehead atoms. The maximum atomic E-state index is 13.7. The number of alkyl halides is 1. The van der Waals surface area contributed by atoms with Crippen LogP contribution >= 0.6 is 11.6 Å². The van der Waals surface area contributed by atoms with Crippen molar-refractivity contribution in [2.75, 3.05) is 13.3 Å². The molecule has 1 unspecified atom stereocenters. The number of carbonyl (C=O) groups is 1. The Morgan fingerprint density at radius 1 is 1.24 bits per heavy atom. The number of rotatable bonds is 9. The van der Waals surface area contributed by atoms with Gasteiger partial charge in [-0.25, -0.2) is 8.78 Å². The van der Waals surface area contributed by atoms with Crippen LogP contribution in [0.1, 0.15) is 29.3 Å². The van der Waals surface area contributed by atoms with Gasteiger partial charge in [-0.05, 0) is 11.6 Å². The van der Waals surface area contributed by atoms with Crippen molar-refractivity contribution in [1.29, 1.82) is 0 Å². The van der Waals surface area contributed by atoms with Crippen LogP contribution in [-0.2, 0) is 11.3 Å². The van der Waals surface area contributed by atoms with Crippen LogP contribution in [0.5, 0.6) is 5.75 Å². The Morgan fingerprint density at radius 3 is 2.60 bits per heavy atom. The van der Waals surface area contributed by atoms with Gasteiger partial charge in [0.05, 0.1) is 23.8 Å². The van der Waals surface area contributed by atoms with Crippen LogP contribution in [0.2, 0.25) is 5.02 Å². The molecule has 0 N–H and O–H groups in total. The highest BCUT2D eigenvalue weighted by atomic mass is 35.5. The summed E-state index contributed by atoms with van der Waals surface area (Å²) in [6.07, 6.45) is -0.754. The smallest absolute Gasteiger partial charge is 0.166 e. The lowest BCUT2D eigenvalue weighted by molar-refractivity contribution is 0.0291. The van der Waals surface area contributed by atoms with E-state index in [4.69, 9.17) is 21.1 Å². The molecular weight excluding hydrogens is 350 g/mol. The summed E-state index contributed by atoms with van der Waals surface area (Å²) < 4.78 is 37.9. The molecular formula is C19H19ClF2O3. The van der Waals surface area contributed by atoms with E-state index in [1.165, 1.54) is 6.07 Å². The van der Waals surface area contributed by atoms with Gasteiger partial charge in [-0.1, -0.05) is 48.9 Å². The van der Waals surface area contributed by atoms with E-state index in [2.05, 4.69) is 0 Å². The molecule has 0 aliphatic heterocycles. The zero-order chi connectivity index (χ0) is 18.2. The molecule has 1 atom stereocenters. The van der Waals surface area contributed by atoms with Gasteiger partial charge in [-0.3, -0.25) is 4.79 Å². The summed E-state index contributed by atoms with van der Waals surface area (Å²) in [5, 5.41) is -0.179. The molecule has 0 spiro atoms. The molecule has 0 aliphatic rings. The molecule has 0 aromatic heterocycles. The van der Waals surface area contributed by atoms with Crippen molar-refractivity contribution in [2.24, 2.45) is 0 Å². The highest BCUT2D eigenvalue weighted by molar-refractivity contribution is 6.31. The largest absolute Gasteiger partial charge is 0.484 e. The van der Waals surface area contributed by atoms with Gasteiger partial charge in [-0.15, -0.1) is 0 Å². The summed E-state index contributed by atoms with van der Waals surface area (Å²) in [6.45, 7) is 1.10. The lowest BCUT2D eigenvalue weighted by Gasteiger charge is -2.18. The maximum Gasteiger partial charge on any atom is 0.166 e. The average molecular weight is 369 g/mol. The van der Waals surface area contributed by atoms with Gasteiger partial charge < -0.3 is 9.47 Å². The molecule has 0 amide bonds. The number of hydrogen-bond donors (Lipinski definition) is 0. The molecule has 25 heavy (non-hydrogen) atoms. The summed E-state index contributed by atoms with van der Waals surface area (Å²) >= 11 is 5.73. The van der Waals surface area contributed by atoms with E-state index >= 15 is 0 Å². The lowest BCUT2D eigenvalue weighted by Crippen LogP contribution is -2.26. The van der Waals surface area contributed by atoms with Crippen LogP contribution in [-0.4, -0.2) is 25.2 Å². The Hall–Kier alpha value is -1.98. The minimum Gasteiger partial charge on any atom is -0.484 e. The molecule has 134 valence electrons. The molecule has 6 heteroatoms. The SMILES string of the molecule is CCC(=O)c1cc(Cl)c(F)cc1OC(CF)COCc1ccccc1. The van der Waals surface area contributed by atoms with Crippen molar-refractivity contribution in [2.45, 2.75) is 26.1 Å². The Balaban J connectivity index is 2.05. The van der Waals surface area contributed by atoms with Gasteiger partial charge in [0.25, 0.3) is 0 Å². The second kappa shape index (κ2) is 9.49. The van der Waals surface area contributed by atoms with Crippen LogP contribution in [0.4, 0.5) is 8.78 Å². The Morgan fingerprint density at radius 2 is 1.96 bits per heavy atom. The van der Waals surface area contributed by atoms with Gasteiger partial charge in [0.2, 0.25) is 0 Å². The predicted octanol–water partition coefficient (Wildman–Crippen LogP) is 5.01. The van der Waals surface area contributed by atoms with E-state index in [-0.39, 0.29) is 35.1 Å². The second-order valence-electron chi connectivity index (χ2n) is 5.43. The van der Waals surface area contributed by atoms with Crippen molar-refractivity contribution in [3.63, 3.8) is 0 Å². The van der Waals surface area contributed by atoms with Crippen LogP contribution < -0.4 is 4.74 Å². The monoisotopic (exact) mass is 368 g/mol. The fraction of sp³-hybridized carbons (Fsp3) is 0.316. The van der Waals surface area contributed by atoms with E-state index in [1.54, 1.807) is 6.92 Å². The number of benzene rings is 2. The standard InChI is InChI=1S/C19H19ClF2O3/c1-2-18(23)15-8-16(20)17(22)9-19(15)25-14(10-21)12-24-11-13-6-4-3-5-7-13/h3-9,14H,2,10-12H2,1H3. The van der Waals surface area contributed by atoms with E-state index in [1.807, 2.05) is 30.3 Å². The minimum atomic E-state index is -0.951. The van der Waals surface area contributed by atoms with Crippen LogP contribution in [0.15, 0.2) is 42.5 Å². The Labute approximate surface area is 150 Å². The molecule has 2 rings (SSSR count). The number of carbonyl (C=O) groups excluding carboxylic acids is 1. The summed E-state index contributed by atoms with van der Waals surface area (Å²) in [7, 11) is 0. The fourth-order valence-electron chi connectivity index (χ4n) is 2.21. The normalized spacial score (nSPS) is 12.0. The molecule has 2 aromatic carbocycles. The molecule has 0 saturated carbocycles. The van der Waals surface area contributed by atoms with E-state index in [9.17, 15) is 13.6 Å². The van der Waals surface area contributed by atoms with Crippen molar-refractivity contribution < 1.29 is 23.0 Å². The third-order valence-corrected chi connectivity index (χ3v) is 3.81. The first-order valence-electron chi connectivity index (χ1n) is 7.91. The van der Waals surface area contributed by atoms with Gasteiger partial charge >= 0.3 is 0 Å². The fourth-order valence-corrected chi connectivity index (χ4v) is 2.37. The predicted molar refractivity (Wildman–Crippen MR) is 92.5 cm³/mol. The third kappa shape index (κ3) is 5.51. The first kappa shape index (κ1) is 19.3. The van der Waals surface area contributed by atoms with E-state index < -0.39 is 18.6 Å². The van der Waals surface area contributed by atoms with Crippen molar-refractivity contribution >= 4 is 17.4 Å². The number of Topliss-reactive ketones (excluding diaryl/α,β-unsaturated/α-hetero) is 1. The molecule has 0 aliphatic carbocycles. The third-order valence-electron chi connectivity index (χ3n) is 3.53. The molecule has 0 fully saturated rings. The lowest BCUT2D eigenvalue weighted by atomic mass is 10.1. The van der Waals surface area contributed by atoms with Gasteiger partial charge in [0.1, 0.15) is 18.2 Å². The summed E-state index contributed by atoms with van der Waals surface area (Å²) in [4.78, 5) is 12.0. The van der Waals surface area contributed by atoms with Gasteiger partial charge in [-0.2, -0.15) is 0 Å². The first-order valence-corrected chi connectivity index (χ1v) is 8.29. The van der Waals surface area contributed by atoms with E-state index in [0.29, 0.717) is 6.61 Å². The first-order chi connectivity index (χ1) is 12.0. The summed E-state index contributed by atoms with van der Waals surface area (Å²) in [5.74, 6) is -1.02. The minimum absolute atomic E-state index is 0.0280. The molecule has 0 heterocycles. The maximum absolute atomic E-state index is 13.7. The number of ether oxygens (including phenoxy) is 2. The number of hydrogen-bond acceptors (Lipinski definition) is 3.